The van der Waals surface area contributed by atoms with Crippen molar-refractivity contribution in [2.45, 2.75) is 32.4 Å². The minimum atomic E-state index is 0.0639. The molecule has 2 heterocycles. The molecule has 0 bridgehead atoms. The lowest BCUT2D eigenvalue weighted by Crippen LogP contribution is -2.26. The molecule has 1 aromatic rings. The number of carbonyl (C=O) groups excluding carboxylic acids is 2. The average Bonchev–Trinajstić information content (AvgIpc) is 2.58. The number of aryl methyl sites for hydroxylation is 2. The van der Waals surface area contributed by atoms with Crippen molar-refractivity contribution in [3.05, 3.63) is 23.5 Å². The highest BCUT2D eigenvalue weighted by Gasteiger charge is 2.33. The summed E-state index contributed by atoms with van der Waals surface area (Å²) in [7, 11) is 0. The van der Waals surface area contributed by atoms with Crippen molar-refractivity contribution in [2.24, 2.45) is 0 Å². The van der Waals surface area contributed by atoms with E-state index in [1.807, 2.05) is 19.9 Å². The lowest BCUT2D eigenvalue weighted by Gasteiger charge is -2.20. The number of anilines is 1. The Hall–Kier alpha value is -1.36. The van der Waals surface area contributed by atoms with Crippen LogP contribution < -0.4 is 4.90 Å². The second kappa shape index (κ2) is 5.10. The number of nitrogens with zero attached hydrogens (tertiary/aromatic N) is 2. The highest BCUT2D eigenvalue weighted by atomic mass is 32.2. The first-order valence-electron chi connectivity index (χ1n) is 5.89. The predicted molar refractivity (Wildman–Crippen MR) is 72.7 cm³/mol. The molecule has 0 saturated carbocycles. The van der Waals surface area contributed by atoms with Gasteiger partial charge in [0.15, 0.2) is 5.12 Å². The third kappa shape index (κ3) is 2.56. The molecule has 1 amide bonds. The minimum absolute atomic E-state index is 0.0639. The fourth-order valence-electron chi connectivity index (χ4n) is 2.30. The number of hydrogen-bond donors (Lipinski definition) is 0. The van der Waals surface area contributed by atoms with Gasteiger partial charge in [-0.1, -0.05) is 11.8 Å². The number of pyridine rings is 1. The van der Waals surface area contributed by atoms with Crippen LogP contribution in [0.3, 0.4) is 0 Å². The summed E-state index contributed by atoms with van der Waals surface area (Å²) in [6.45, 7) is 6.01. The van der Waals surface area contributed by atoms with Crippen molar-refractivity contribution in [3.63, 3.8) is 0 Å². The summed E-state index contributed by atoms with van der Waals surface area (Å²) in [5.41, 5.74) is 2.80. The molecule has 1 atom stereocenters. The third-order valence-electron chi connectivity index (χ3n) is 3.00. The van der Waals surface area contributed by atoms with Crippen molar-refractivity contribution in [2.75, 3.05) is 11.4 Å². The van der Waals surface area contributed by atoms with Crippen LogP contribution in [0.2, 0.25) is 0 Å². The summed E-state index contributed by atoms with van der Waals surface area (Å²) in [6.07, 6.45) is 2.18. The Labute approximate surface area is 111 Å². The predicted octanol–water partition coefficient (Wildman–Crippen LogP) is 2.08. The van der Waals surface area contributed by atoms with Gasteiger partial charge in [0.25, 0.3) is 0 Å². The Morgan fingerprint density at radius 1 is 1.50 bits per heavy atom. The van der Waals surface area contributed by atoms with Crippen molar-refractivity contribution in [3.8, 4) is 0 Å². The number of rotatable bonds is 2. The lowest BCUT2D eigenvalue weighted by atomic mass is 10.2. The molecule has 18 heavy (non-hydrogen) atoms. The summed E-state index contributed by atoms with van der Waals surface area (Å²) < 4.78 is 0. The standard InChI is InChI=1S/C13H16N2O2S/c1-8-4-5-14-9(2)13(8)15-7-11(6-12(15)17)18-10(3)16/h4-5,11H,6-7H2,1-3H3. The van der Waals surface area contributed by atoms with E-state index in [-0.39, 0.29) is 16.3 Å². The van der Waals surface area contributed by atoms with Crippen molar-refractivity contribution in [1.82, 2.24) is 4.98 Å². The zero-order valence-electron chi connectivity index (χ0n) is 10.8. The molecule has 96 valence electrons. The van der Waals surface area contributed by atoms with E-state index in [2.05, 4.69) is 4.98 Å². The van der Waals surface area contributed by atoms with E-state index < -0.39 is 0 Å². The van der Waals surface area contributed by atoms with Gasteiger partial charge in [-0.05, 0) is 25.5 Å². The third-order valence-corrected chi connectivity index (χ3v) is 3.98. The minimum Gasteiger partial charge on any atom is -0.309 e. The first kappa shape index (κ1) is 13.1. The second-order valence-electron chi connectivity index (χ2n) is 4.50. The Morgan fingerprint density at radius 3 is 2.83 bits per heavy atom. The Bertz CT molecular complexity index is 482. The SMILES string of the molecule is CC(=O)SC1CC(=O)N(c2c(C)ccnc2C)C1. The second-order valence-corrected chi connectivity index (χ2v) is 5.98. The van der Waals surface area contributed by atoms with Crippen LogP contribution in [0.15, 0.2) is 12.3 Å². The van der Waals surface area contributed by atoms with Gasteiger partial charge in [-0.25, -0.2) is 0 Å². The summed E-state index contributed by atoms with van der Waals surface area (Å²) >= 11 is 1.25. The zero-order valence-corrected chi connectivity index (χ0v) is 11.6. The van der Waals surface area contributed by atoms with Gasteiger partial charge in [0.2, 0.25) is 5.91 Å². The molecule has 1 aliphatic heterocycles. The molecule has 0 radical (unpaired) electrons. The van der Waals surface area contributed by atoms with E-state index >= 15 is 0 Å². The van der Waals surface area contributed by atoms with Crippen molar-refractivity contribution in [1.29, 1.82) is 0 Å². The average molecular weight is 264 g/mol. The van der Waals surface area contributed by atoms with Crippen LogP contribution in [-0.4, -0.2) is 27.8 Å². The molecule has 1 aromatic heterocycles. The van der Waals surface area contributed by atoms with Crippen LogP contribution in [0, 0.1) is 13.8 Å². The van der Waals surface area contributed by atoms with Gasteiger partial charge in [-0.15, -0.1) is 0 Å². The van der Waals surface area contributed by atoms with Gasteiger partial charge in [0.05, 0.1) is 11.4 Å². The molecule has 0 spiro atoms. The quantitative estimate of drug-likeness (QED) is 0.820. The molecule has 0 N–H and O–H groups in total. The molecular formula is C13H16N2O2S. The first-order valence-corrected chi connectivity index (χ1v) is 6.77. The van der Waals surface area contributed by atoms with E-state index in [1.54, 1.807) is 18.0 Å². The fourth-order valence-corrected chi connectivity index (χ4v) is 3.22. The van der Waals surface area contributed by atoms with Crippen LogP contribution in [0.4, 0.5) is 5.69 Å². The molecule has 1 unspecified atom stereocenters. The summed E-state index contributed by atoms with van der Waals surface area (Å²) in [5.74, 6) is 0.0768. The largest absolute Gasteiger partial charge is 0.309 e. The topological polar surface area (TPSA) is 50.3 Å². The van der Waals surface area contributed by atoms with Gasteiger partial charge >= 0.3 is 0 Å². The van der Waals surface area contributed by atoms with Crippen molar-refractivity contribution >= 4 is 28.5 Å². The maximum atomic E-state index is 12.0. The maximum absolute atomic E-state index is 12.0. The molecular weight excluding hydrogens is 248 g/mol. The molecule has 1 saturated heterocycles. The van der Waals surface area contributed by atoms with Crippen LogP contribution in [0.1, 0.15) is 24.6 Å². The number of thioether (sulfide) groups is 1. The summed E-state index contributed by atoms with van der Waals surface area (Å²) in [5, 5.41) is 0.128. The number of carbonyl (C=O) groups is 2. The fraction of sp³-hybridized carbons (Fsp3) is 0.462. The highest BCUT2D eigenvalue weighted by Crippen LogP contribution is 2.31. The normalized spacial score (nSPS) is 19.4. The lowest BCUT2D eigenvalue weighted by molar-refractivity contribution is -0.117. The Balaban J connectivity index is 2.24. The van der Waals surface area contributed by atoms with E-state index in [0.717, 1.165) is 16.9 Å². The highest BCUT2D eigenvalue weighted by molar-refractivity contribution is 8.14. The molecule has 2 rings (SSSR count). The molecule has 4 nitrogen and oxygen atoms in total. The zero-order chi connectivity index (χ0) is 13.3. The first-order chi connectivity index (χ1) is 8.49. The maximum Gasteiger partial charge on any atom is 0.228 e. The number of amides is 1. The van der Waals surface area contributed by atoms with Gasteiger partial charge in [0.1, 0.15) is 0 Å². The monoisotopic (exact) mass is 264 g/mol. The smallest absolute Gasteiger partial charge is 0.228 e. The van der Waals surface area contributed by atoms with Gasteiger partial charge in [-0.2, -0.15) is 0 Å². The number of aromatic nitrogens is 1. The van der Waals surface area contributed by atoms with Gasteiger partial charge < -0.3 is 4.90 Å². The van der Waals surface area contributed by atoms with Crippen LogP contribution in [-0.2, 0) is 9.59 Å². The summed E-state index contributed by atoms with van der Waals surface area (Å²) in [6, 6.07) is 1.90. The van der Waals surface area contributed by atoms with Crippen LogP contribution >= 0.6 is 11.8 Å². The Kier molecular flexibility index (Phi) is 3.71. The molecule has 1 fully saturated rings. The van der Waals surface area contributed by atoms with Crippen LogP contribution in [0.25, 0.3) is 0 Å². The van der Waals surface area contributed by atoms with E-state index in [4.69, 9.17) is 0 Å². The van der Waals surface area contributed by atoms with E-state index in [9.17, 15) is 9.59 Å². The Morgan fingerprint density at radius 2 is 2.22 bits per heavy atom. The molecule has 0 aromatic carbocycles. The van der Waals surface area contributed by atoms with Gasteiger partial charge in [-0.3, -0.25) is 14.6 Å². The number of hydrogen-bond acceptors (Lipinski definition) is 4. The summed E-state index contributed by atoms with van der Waals surface area (Å²) in [4.78, 5) is 29.1. The van der Waals surface area contributed by atoms with E-state index in [1.165, 1.54) is 11.8 Å². The van der Waals surface area contributed by atoms with Crippen LogP contribution in [0.5, 0.6) is 0 Å². The van der Waals surface area contributed by atoms with E-state index in [0.29, 0.717) is 13.0 Å². The molecule has 5 heteroatoms. The molecule has 1 aliphatic rings. The van der Waals surface area contributed by atoms with Gasteiger partial charge in [0, 0.05) is 31.3 Å². The molecule has 0 aliphatic carbocycles. The van der Waals surface area contributed by atoms with Crippen molar-refractivity contribution < 1.29 is 9.59 Å².